The number of imidazole rings is 1. The molecule has 0 atom stereocenters. The topological polar surface area (TPSA) is 38.6 Å². The van der Waals surface area contributed by atoms with Crippen molar-refractivity contribution in [2.24, 2.45) is 0 Å². The molecule has 0 amide bonds. The fourth-order valence-corrected chi connectivity index (χ4v) is 2.49. The molecule has 3 heterocycles. The van der Waals surface area contributed by atoms with Crippen LogP contribution in [0, 0.1) is 0 Å². The van der Waals surface area contributed by atoms with Gasteiger partial charge in [0.1, 0.15) is 10.4 Å². The number of ether oxygens (including phenoxy) is 1. The lowest BCUT2D eigenvalue weighted by Gasteiger charge is -2.26. The van der Waals surface area contributed by atoms with Crippen LogP contribution in [0.15, 0.2) is 22.8 Å². The van der Waals surface area contributed by atoms with E-state index in [0.717, 1.165) is 34.9 Å². The standard InChI is InChI=1S/C11H12BrN3O/c1-16-9-4-2-3-8-10(12)14-11(15(8)9)7-5-13-6-7/h2-4,7,13H,5-6H2,1H3. The fraction of sp³-hybridized carbons (Fsp3) is 0.364. The molecule has 0 spiro atoms. The zero-order valence-electron chi connectivity index (χ0n) is 8.90. The number of pyridine rings is 1. The summed E-state index contributed by atoms with van der Waals surface area (Å²) in [5, 5.41) is 3.26. The maximum atomic E-state index is 5.38. The number of halogens is 1. The molecule has 0 bridgehead atoms. The van der Waals surface area contributed by atoms with E-state index in [-0.39, 0.29) is 0 Å². The molecule has 84 valence electrons. The zero-order chi connectivity index (χ0) is 11.1. The third-order valence-electron chi connectivity index (χ3n) is 2.96. The minimum Gasteiger partial charge on any atom is -0.482 e. The van der Waals surface area contributed by atoms with Gasteiger partial charge in [-0.3, -0.25) is 4.40 Å². The van der Waals surface area contributed by atoms with Crippen LogP contribution in [-0.4, -0.2) is 29.6 Å². The van der Waals surface area contributed by atoms with E-state index in [1.54, 1.807) is 7.11 Å². The van der Waals surface area contributed by atoms with Gasteiger partial charge in [-0.1, -0.05) is 6.07 Å². The van der Waals surface area contributed by atoms with Crippen molar-refractivity contribution in [3.63, 3.8) is 0 Å². The molecular formula is C11H12BrN3O. The highest BCUT2D eigenvalue weighted by Crippen LogP contribution is 2.29. The van der Waals surface area contributed by atoms with E-state index < -0.39 is 0 Å². The third-order valence-corrected chi connectivity index (χ3v) is 3.55. The zero-order valence-corrected chi connectivity index (χ0v) is 10.5. The van der Waals surface area contributed by atoms with Crippen LogP contribution in [0.25, 0.3) is 5.52 Å². The number of nitrogens with one attached hydrogen (secondary N) is 1. The van der Waals surface area contributed by atoms with Crippen LogP contribution < -0.4 is 10.1 Å². The van der Waals surface area contributed by atoms with E-state index in [0.29, 0.717) is 5.92 Å². The Morgan fingerprint density at radius 3 is 2.94 bits per heavy atom. The largest absolute Gasteiger partial charge is 0.482 e. The van der Waals surface area contributed by atoms with Crippen LogP contribution >= 0.6 is 15.9 Å². The summed E-state index contributed by atoms with van der Waals surface area (Å²) in [4.78, 5) is 4.58. The summed E-state index contributed by atoms with van der Waals surface area (Å²) in [5.41, 5.74) is 1.06. The first kappa shape index (κ1) is 10.1. The van der Waals surface area contributed by atoms with Gasteiger partial charge in [0, 0.05) is 19.0 Å². The van der Waals surface area contributed by atoms with Gasteiger partial charge in [-0.15, -0.1) is 0 Å². The van der Waals surface area contributed by atoms with Gasteiger partial charge in [-0.05, 0) is 28.1 Å². The van der Waals surface area contributed by atoms with Crippen molar-refractivity contribution in [3.05, 3.63) is 28.6 Å². The summed E-state index contributed by atoms with van der Waals surface area (Å²) in [6.45, 7) is 1.98. The summed E-state index contributed by atoms with van der Waals surface area (Å²) < 4.78 is 8.34. The smallest absolute Gasteiger partial charge is 0.199 e. The average Bonchev–Trinajstić information content (AvgIpc) is 2.54. The molecule has 4 nitrogen and oxygen atoms in total. The Bertz CT molecular complexity index is 533. The van der Waals surface area contributed by atoms with Gasteiger partial charge < -0.3 is 10.1 Å². The van der Waals surface area contributed by atoms with Crippen LogP contribution in [0.2, 0.25) is 0 Å². The van der Waals surface area contributed by atoms with E-state index in [1.165, 1.54) is 0 Å². The summed E-state index contributed by atoms with van der Waals surface area (Å²) in [6.07, 6.45) is 0. The van der Waals surface area contributed by atoms with Gasteiger partial charge in [0.05, 0.1) is 12.6 Å². The molecule has 1 aliphatic rings. The van der Waals surface area contributed by atoms with Crippen molar-refractivity contribution >= 4 is 21.4 Å². The Balaban J connectivity index is 2.26. The van der Waals surface area contributed by atoms with Crippen molar-refractivity contribution < 1.29 is 4.74 Å². The van der Waals surface area contributed by atoms with Gasteiger partial charge in [-0.25, -0.2) is 4.98 Å². The van der Waals surface area contributed by atoms with Gasteiger partial charge >= 0.3 is 0 Å². The third kappa shape index (κ3) is 1.35. The molecule has 0 unspecified atom stereocenters. The second-order valence-electron chi connectivity index (χ2n) is 3.90. The second-order valence-corrected chi connectivity index (χ2v) is 4.66. The Kier molecular flexibility index (Phi) is 2.37. The van der Waals surface area contributed by atoms with Gasteiger partial charge in [0.15, 0.2) is 5.88 Å². The molecule has 1 saturated heterocycles. The molecule has 0 aromatic carbocycles. The highest BCUT2D eigenvalue weighted by molar-refractivity contribution is 9.10. The maximum absolute atomic E-state index is 5.38. The quantitative estimate of drug-likeness (QED) is 0.912. The number of methoxy groups -OCH3 is 1. The average molecular weight is 282 g/mol. The number of rotatable bonds is 2. The molecule has 16 heavy (non-hydrogen) atoms. The molecule has 1 N–H and O–H groups in total. The summed E-state index contributed by atoms with van der Waals surface area (Å²) in [7, 11) is 1.69. The minimum absolute atomic E-state index is 0.482. The number of aromatic nitrogens is 2. The number of hydrogen-bond acceptors (Lipinski definition) is 3. The molecule has 3 rings (SSSR count). The van der Waals surface area contributed by atoms with E-state index in [1.807, 2.05) is 18.2 Å². The summed E-state index contributed by atoms with van der Waals surface area (Å²) >= 11 is 3.49. The van der Waals surface area contributed by atoms with E-state index >= 15 is 0 Å². The van der Waals surface area contributed by atoms with Crippen LogP contribution in [0.1, 0.15) is 11.7 Å². The van der Waals surface area contributed by atoms with E-state index in [2.05, 4.69) is 30.6 Å². The Hall–Kier alpha value is -1.07. The van der Waals surface area contributed by atoms with E-state index in [9.17, 15) is 0 Å². The highest BCUT2D eigenvalue weighted by Gasteiger charge is 2.25. The molecule has 2 aromatic heterocycles. The predicted octanol–water partition coefficient (Wildman–Crippen LogP) is 1.79. The highest BCUT2D eigenvalue weighted by atomic mass is 79.9. The monoisotopic (exact) mass is 281 g/mol. The molecule has 0 aliphatic carbocycles. The number of hydrogen-bond donors (Lipinski definition) is 1. The first-order valence-corrected chi connectivity index (χ1v) is 6.02. The molecular weight excluding hydrogens is 270 g/mol. The maximum Gasteiger partial charge on any atom is 0.199 e. The lowest BCUT2D eigenvalue weighted by Crippen LogP contribution is -2.40. The lowest BCUT2D eigenvalue weighted by atomic mass is 10.0. The SMILES string of the molecule is COc1cccc2c(Br)nc(C3CNC3)n12. The van der Waals surface area contributed by atoms with Crippen molar-refractivity contribution in [1.29, 1.82) is 0 Å². The number of fused-ring (bicyclic) bond motifs is 1. The first-order valence-electron chi connectivity index (χ1n) is 5.23. The molecule has 5 heteroatoms. The normalized spacial score (nSPS) is 16.4. The van der Waals surface area contributed by atoms with Crippen molar-refractivity contribution in [2.45, 2.75) is 5.92 Å². The molecule has 0 saturated carbocycles. The van der Waals surface area contributed by atoms with Gasteiger partial charge in [0.25, 0.3) is 0 Å². The van der Waals surface area contributed by atoms with Crippen molar-refractivity contribution in [1.82, 2.24) is 14.7 Å². The van der Waals surface area contributed by atoms with Crippen molar-refractivity contribution in [2.75, 3.05) is 20.2 Å². The van der Waals surface area contributed by atoms with Gasteiger partial charge in [0.2, 0.25) is 0 Å². The van der Waals surface area contributed by atoms with Crippen LogP contribution in [-0.2, 0) is 0 Å². The molecule has 0 radical (unpaired) electrons. The predicted molar refractivity (Wildman–Crippen MR) is 65.1 cm³/mol. The van der Waals surface area contributed by atoms with Crippen LogP contribution in [0.4, 0.5) is 0 Å². The van der Waals surface area contributed by atoms with E-state index in [4.69, 9.17) is 4.74 Å². The molecule has 2 aromatic rings. The molecule has 1 aliphatic heterocycles. The Labute approximate surface area is 102 Å². The number of nitrogens with zero attached hydrogens (tertiary/aromatic N) is 2. The van der Waals surface area contributed by atoms with Gasteiger partial charge in [-0.2, -0.15) is 0 Å². The Morgan fingerprint density at radius 2 is 2.31 bits per heavy atom. The molecule has 1 fully saturated rings. The summed E-state index contributed by atoms with van der Waals surface area (Å²) in [5.74, 6) is 2.38. The van der Waals surface area contributed by atoms with Crippen molar-refractivity contribution in [3.8, 4) is 5.88 Å². The summed E-state index contributed by atoms with van der Waals surface area (Å²) in [6, 6.07) is 5.97. The lowest BCUT2D eigenvalue weighted by molar-refractivity contribution is 0.377. The Morgan fingerprint density at radius 1 is 1.50 bits per heavy atom. The minimum atomic E-state index is 0.482. The van der Waals surface area contributed by atoms with Crippen LogP contribution in [0.3, 0.4) is 0 Å². The second kappa shape index (κ2) is 3.75. The van der Waals surface area contributed by atoms with Crippen LogP contribution in [0.5, 0.6) is 5.88 Å². The fourth-order valence-electron chi connectivity index (χ4n) is 2.00. The first-order chi connectivity index (χ1) is 7.81.